The van der Waals surface area contributed by atoms with Crippen LogP contribution in [0.15, 0.2) is 16.8 Å². The van der Waals surface area contributed by atoms with Crippen LogP contribution >= 0.6 is 11.3 Å². The van der Waals surface area contributed by atoms with Crippen LogP contribution in [0.1, 0.15) is 38.2 Å². The maximum atomic E-state index is 5.90. The van der Waals surface area contributed by atoms with Gasteiger partial charge in [0.2, 0.25) is 0 Å². The molecule has 1 aromatic rings. The van der Waals surface area contributed by atoms with Crippen LogP contribution in [0.4, 0.5) is 0 Å². The summed E-state index contributed by atoms with van der Waals surface area (Å²) in [5.41, 5.74) is 1.50. The molecule has 1 atom stereocenters. The Morgan fingerprint density at radius 1 is 1.47 bits per heavy atom. The summed E-state index contributed by atoms with van der Waals surface area (Å²) in [5, 5.41) is 8.05. The van der Waals surface area contributed by atoms with Gasteiger partial charge in [-0.1, -0.05) is 19.8 Å². The summed E-state index contributed by atoms with van der Waals surface area (Å²) >= 11 is 1.78. The number of thiophene rings is 1. The van der Waals surface area contributed by atoms with Crippen molar-refractivity contribution in [1.29, 1.82) is 0 Å². The Morgan fingerprint density at radius 3 is 2.76 bits per heavy atom. The quantitative estimate of drug-likeness (QED) is 0.840. The first-order valence-corrected chi connectivity index (χ1v) is 7.54. The van der Waals surface area contributed by atoms with Gasteiger partial charge >= 0.3 is 0 Å². The van der Waals surface area contributed by atoms with Crippen LogP contribution in [0.3, 0.4) is 0 Å². The molecular weight excluding hydrogens is 230 g/mol. The Hall–Kier alpha value is -0.380. The molecule has 0 saturated heterocycles. The fraction of sp³-hybridized carbons (Fsp3) is 0.714. The van der Waals surface area contributed by atoms with E-state index in [1.807, 2.05) is 7.11 Å². The van der Waals surface area contributed by atoms with E-state index in [4.69, 9.17) is 4.74 Å². The van der Waals surface area contributed by atoms with Crippen LogP contribution in [0.2, 0.25) is 0 Å². The van der Waals surface area contributed by atoms with Gasteiger partial charge in [0.15, 0.2) is 0 Å². The summed E-state index contributed by atoms with van der Waals surface area (Å²) in [6, 6.07) is 2.68. The molecule has 1 N–H and O–H groups in total. The van der Waals surface area contributed by atoms with Gasteiger partial charge in [-0.05, 0) is 48.2 Å². The summed E-state index contributed by atoms with van der Waals surface area (Å²) in [7, 11) is 1.88. The van der Waals surface area contributed by atoms with E-state index in [9.17, 15) is 0 Å². The van der Waals surface area contributed by atoms with Gasteiger partial charge in [0.25, 0.3) is 0 Å². The molecule has 2 nitrogen and oxygen atoms in total. The Balaban J connectivity index is 2.09. The molecule has 1 aliphatic carbocycles. The van der Waals surface area contributed by atoms with Gasteiger partial charge in [0.05, 0.1) is 5.60 Å². The molecule has 0 amide bonds. The summed E-state index contributed by atoms with van der Waals surface area (Å²) in [6.07, 6.45) is 6.10. The lowest BCUT2D eigenvalue weighted by Gasteiger charge is -2.37. The van der Waals surface area contributed by atoms with Crippen molar-refractivity contribution in [3.63, 3.8) is 0 Å². The van der Waals surface area contributed by atoms with Crippen molar-refractivity contribution in [2.24, 2.45) is 0 Å². The lowest BCUT2D eigenvalue weighted by atomic mass is 9.88. The van der Waals surface area contributed by atoms with Crippen molar-refractivity contribution >= 4 is 11.3 Å². The Labute approximate surface area is 108 Å². The number of hydrogen-bond donors (Lipinski definition) is 1. The van der Waals surface area contributed by atoms with E-state index in [0.717, 1.165) is 13.0 Å². The van der Waals surface area contributed by atoms with Gasteiger partial charge in [-0.25, -0.2) is 0 Å². The van der Waals surface area contributed by atoms with Gasteiger partial charge in [-0.15, -0.1) is 0 Å². The summed E-state index contributed by atoms with van der Waals surface area (Å²) in [6.45, 7) is 3.19. The van der Waals surface area contributed by atoms with E-state index in [0.29, 0.717) is 6.04 Å². The third-order valence-electron chi connectivity index (χ3n) is 3.96. The maximum absolute atomic E-state index is 5.90. The second-order valence-electron chi connectivity index (χ2n) is 4.92. The molecule has 0 aliphatic heterocycles. The first-order chi connectivity index (χ1) is 8.30. The largest absolute Gasteiger partial charge is 0.377 e. The summed E-state index contributed by atoms with van der Waals surface area (Å²) in [5.74, 6) is 0. The fourth-order valence-electron chi connectivity index (χ4n) is 3.00. The average molecular weight is 253 g/mol. The number of ether oxygens (including phenoxy) is 1. The predicted molar refractivity (Wildman–Crippen MR) is 73.7 cm³/mol. The first-order valence-electron chi connectivity index (χ1n) is 6.60. The number of likely N-dealkylation sites (N-methyl/N-ethyl adjacent to an activating group) is 1. The van der Waals surface area contributed by atoms with Crippen LogP contribution < -0.4 is 5.32 Å². The van der Waals surface area contributed by atoms with E-state index < -0.39 is 0 Å². The van der Waals surface area contributed by atoms with E-state index in [-0.39, 0.29) is 5.60 Å². The third-order valence-corrected chi connectivity index (χ3v) is 4.69. The lowest BCUT2D eigenvalue weighted by molar-refractivity contribution is -0.0351. The lowest BCUT2D eigenvalue weighted by Crippen LogP contribution is -2.51. The van der Waals surface area contributed by atoms with E-state index >= 15 is 0 Å². The Bertz CT molecular complexity index is 317. The van der Waals surface area contributed by atoms with Gasteiger partial charge in [-0.2, -0.15) is 11.3 Å². The normalized spacial score (nSPS) is 20.6. The summed E-state index contributed by atoms with van der Waals surface area (Å²) in [4.78, 5) is 0. The second-order valence-corrected chi connectivity index (χ2v) is 5.70. The van der Waals surface area contributed by atoms with E-state index in [1.165, 1.54) is 31.2 Å². The van der Waals surface area contributed by atoms with Gasteiger partial charge in [0, 0.05) is 13.2 Å². The van der Waals surface area contributed by atoms with Crippen molar-refractivity contribution < 1.29 is 4.74 Å². The minimum absolute atomic E-state index is 0.0674. The first kappa shape index (κ1) is 13.1. The molecule has 0 aromatic carbocycles. The molecule has 0 spiro atoms. The Kier molecular flexibility index (Phi) is 4.60. The highest BCUT2D eigenvalue weighted by Crippen LogP contribution is 2.37. The van der Waals surface area contributed by atoms with E-state index in [2.05, 4.69) is 29.1 Å². The minimum atomic E-state index is 0.0674. The minimum Gasteiger partial charge on any atom is -0.377 e. The molecule has 1 saturated carbocycles. The average Bonchev–Trinajstić information content (AvgIpc) is 3.00. The monoisotopic (exact) mass is 253 g/mol. The Morgan fingerprint density at radius 2 is 2.24 bits per heavy atom. The van der Waals surface area contributed by atoms with Crippen molar-refractivity contribution in [1.82, 2.24) is 5.32 Å². The molecule has 1 heterocycles. The number of nitrogens with one attached hydrogen (secondary N) is 1. The maximum Gasteiger partial charge on any atom is 0.0834 e. The highest BCUT2D eigenvalue weighted by molar-refractivity contribution is 7.07. The second kappa shape index (κ2) is 5.98. The number of rotatable bonds is 6. The molecule has 0 bridgehead atoms. The van der Waals surface area contributed by atoms with Crippen molar-refractivity contribution in [3.8, 4) is 0 Å². The zero-order chi connectivity index (χ0) is 12.1. The zero-order valence-electron chi connectivity index (χ0n) is 10.9. The SMILES string of the molecule is CCNC(Cc1ccsc1)C1(OC)CCCC1. The predicted octanol–water partition coefficient (Wildman–Crippen LogP) is 3.23. The van der Waals surface area contributed by atoms with Crippen LogP contribution in [-0.4, -0.2) is 25.3 Å². The highest BCUT2D eigenvalue weighted by atomic mass is 32.1. The molecule has 1 fully saturated rings. The molecule has 96 valence electrons. The van der Waals surface area contributed by atoms with Crippen LogP contribution in [0, 0.1) is 0 Å². The fourth-order valence-corrected chi connectivity index (χ4v) is 3.68. The topological polar surface area (TPSA) is 21.3 Å². The third kappa shape index (κ3) is 2.90. The molecule has 17 heavy (non-hydrogen) atoms. The molecule has 2 rings (SSSR count). The smallest absolute Gasteiger partial charge is 0.0834 e. The van der Waals surface area contributed by atoms with Gasteiger partial charge in [-0.3, -0.25) is 0 Å². The van der Waals surface area contributed by atoms with Crippen molar-refractivity contribution in [3.05, 3.63) is 22.4 Å². The molecular formula is C14H23NOS. The number of hydrogen-bond acceptors (Lipinski definition) is 3. The zero-order valence-corrected chi connectivity index (χ0v) is 11.7. The molecule has 1 unspecified atom stereocenters. The van der Waals surface area contributed by atoms with E-state index in [1.54, 1.807) is 11.3 Å². The highest BCUT2D eigenvalue weighted by Gasteiger charge is 2.41. The molecule has 0 radical (unpaired) electrons. The summed E-state index contributed by atoms with van der Waals surface area (Å²) < 4.78 is 5.90. The molecule has 1 aliphatic rings. The van der Waals surface area contributed by atoms with Crippen LogP contribution in [-0.2, 0) is 11.2 Å². The van der Waals surface area contributed by atoms with Gasteiger partial charge in [0.1, 0.15) is 0 Å². The van der Waals surface area contributed by atoms with Crippen molar-refractivity contribution in [2.45, 2.75) is 50.7 Å². The van der Waals surface area contributed by atoms with Gasteiger partial charge < -0.3 is 10.1 Å². The number of methoxy groups -OCH3 is 1. The molecule has 3 heteroatoms. The van der Waals surface area contributed by atoms with Crippen LogP contribution in [0.5, 0.6) is 0 Å². The standard InChI is InChI=1S/C14H23NOS/c1-3-15-13(10-12-6-9-17-11-12)14(16-2)7-4-5-8-14/h6,9,11,13,15H,3-5,7-8,10H2,1-2H3. The van der Waals surface area contributed by atoms with Crippen molar-refractivity contribution in [2.75, 3.05) is 13.7 Å². The molecule has 1 aromatic heterocycles. The van der Waals surface area contributed by atoms with Crippen LogP contribution in [0.25, 0.3) is 0 Å².